The number of anilines is 1. The van der Waals surface area contributed by atoms with Gasteiger partial charge in [0, 0.05) is 36.5 Å². The molecule has 0 aliphatic carbocycles. The molecule has 10 nitrogen and oxygen atoms in total. The molecule has 1 aromatic carbocycles. The molecule has 1 aliphatic rings. The Bertz CT molecular complexity index is 713. The number of nitro groups is 1. The van der Waals surface area contributed by atoms with E-state index >= 15 is 0 Å². The van der Waals surface area contributed by atoms with Crippen molar-refractivity contribution in [1.29, 1.82) is 0 Å². The Hall–Kier alpha value is -3.17. The fourth-order valence-corrected chi connectivity index (χ4v) is 2.83. The maximum Gasteiger partial charge on any atom is 0.332 e. The van der Waals surface area contributed by atoms with Gasteiger partial charge in [0.1, 0.15) is 0 Å². The first-order valence-electron chi connectivity index (χ1n) is 8.21. The van der Waals surface area contributed by atoms with E-state index in [0.29, 0.717) is 38.1 Å². The number of nitro benzene ring substituents is 1. The zero-order valence-corrected chi connectivity index (χ0v) is 14.4. The number of esters is 1. The first kappa shape index (κ1) is 19.2. The van der Waals surface area contributed by atoms with Gasteiger partial charge in [-0.3, -0.25) is 14.9 Å². The Kier molecular flexibility index (Phi) is 6.48. The number of ether oxygens (including phenoxy) is 1. The molecular formula is C16H21N5O5. The molecule has 0 saturated carbocycles. The normalized spacial score (nSPS) is 15.0. The summed E-state index contributed by atoms with van der Waals surface area (Å²) in [5.41, 5.74) is 8.14. The van der Waals surface area contributed by atoms with E-state index < -0.39 is 11.0 Å². The van der Waals surface area contributed by atoms with Crippen molar-refractivity contribution < 1.29 is 19.2 Å². The lowest BCUT2D eigenvalue weighted by molar-refractivity contribution is -0.384. The van der Waals surface area contributed by atoms with Gasteiger partial charge in [-0.1, -0.05) is 0 Å². The van der Waals surface area contributed by atoms with Crippen molar-refractivity contribution in [2.75, 3.05) is 24.6 Å². The summed E-state index contributed by atoms with van der Waals surface area (Å²) in [6.07, 6.45) is 2.57. The first-order chi connectivity index (χ1) is 12.4. The van der Waals surface area contributed by atoms with Gasteiger partial charge in [-0.25, -0.2) is 10.2 Å². The zero-order chi connectivity index (χ0) is 19.1. The van der Waals surface area contributed by atoms with E-state index in [1.54, 1.807) is 13.0 Å². The highest BCUT2D eigenvalue weighted by atomic mass is 16.6. The van der Waals surface area contributed by atoms with Crippen molar-refractivity contribution in [2.45, 2.75) is 19.8 Å². The Balaban J connectivity index is 2.17. The van der Waals surface area contributed by atoms with Crippen LogP contribution < -0.4 is 16.1 Å². The number of rotatable bonds is 6. The average molecular weight is 363 g/mol. The number of primary amides is 1. The molecule has 1 fully saturated rings. The molecule has 10 heteroatoms. The van der Waals surface area contributed by atoms with Crippen LogP contribution >= 0.6 is 0 Å². The van der Waals surface area contributed by atoms with Crippen LogP contribution in [-0.4, -0.2) is 42.8 Å². The molecular weight excluding hydrogens is 342 g/mol. The third-order valence-corrected chi connectivity index (χ3v) is 4.06. The number of hydrogen-bond donors (Lipinski definition) is 2. The molecule has 140 valence electrons. The van der Waals surface area contributed by atoms with Crippen LogP contribution in [0.25, 0.3) is 0 Å². The summed E-state index contributed by atoms with van der Waals surface area (Å²) < 4.78 is 5.06. The van der Waals surface area contributed by atoms with Gasteiger partial charge >= 0.3 is 12.0 Å². The second-order valence-electron chi connectivity index (χ2n) is 5.75. The van der Waals surface area contributed by atoms with Gasteiger partial charge in [0.2, 0.25) is 0 Å². The van der Waals surface area contributed by atoms with Gasteiger partial charge in [-0.2, -0.15) is 5.10 Å². The highest BCUT2D eigenvalue weighted by Crippen LogP contribution is 2.29. The highest BCUT2D eigenvalue weighted by molar-refractivity contribution is 5.90. The summed E-state index contributed by atoms with van der Waals surface area (Å²) in [5, 5.41) is 14.7. The number of benzene rings is 1. The van der Waals surface area contributed by atoms with Crippen molar-refractivity contribution in [1.82, 2.24) is 5.43 Å². The van der Waals surface area contributed by atoms with E-state index in [0.717, 1.165) is 5.69 Å². The lowest BCUT2D eigenvalue weighted by Gasteiger charge is -2.33. The molecule has 2 rings (SSSR count). The van der Waals surface area contributed by atoms with Gasteiger partial charge in [0.05, 0.1) is 23.7 Å². The first-order valence-corrected chi connectivity index (χ1v) is 8.21. The molecule has 0 atom stereocenters. The van der Waals surface area contributed by atoms with Crippen LogP contribution in [0.15, 0.2) is 23.3 Å². The molecule has 1 aromatic rings. The minimum atomic E-state index is -0.830. The number of hydrogen-bond acceptors (Lipinski definition) is 7. The average Bonchev–Trinajstić information content (AvgIpc) is 2.61. The number of hydrazone groups is 1. The third kappa shape index (κ3) is 4.91. The van der Waals surface area contributed by atoms with Gasteiger partial charge < -0.3 is 15.4 Å². The minimum Gasteiger partial charge on any atom is -0.466 e. The lowest BCUT2D eigenvalue weighted by atomic mass is 9.96. The molecule has 2 amide bonds. The predicted octanol–water partition coefficient (Wildman–Crippen LogP) is 1.38. The second-order valence-corrected chi connectivity index (χ2v) is 5.75. The van der Waals surface area contributed by atoms with Crippen LogP contribution in [0.3, 0.4) is 0 Å². The Morgan fingerprint density at radius 2 is 2.15 bits per heavy atom. The van der Waals surface area contributed by atoms with Crippen LogP contribution in [0.1, 0.15) is 25.3 Å². The van der Waals surface area contributed by atoms with E-state index in [2.05, 4.69) is 10.5 Å². The van der Waals surface area contributed by atoms with Gasteiger partial charge in [-0.15, -0.1) is 0 Å². The van der Waals surface area contributed by atoms with Crippen molar-refractivity contribution in [2.24, 2.45) is 16.8 Å². The van der Waals surface area contributed by atoms with Crippen molar-refractivity contribution in [3.63, 3.8) is 0 Å². The van der Waals surface area contributed by atoms with Crippen LogP contribution in [0.4, 0.5) is 16.2 Å². The summed E-state index contributed by atoms with van der Waals surface area (Å²) in [5.74, 6) is -0.332. The Labute approximate surface area is 150 Å². The number of carbonyl (C=O) groups is 2. The summed E-state index contributed by atoms with van der Waals surface area (Å²) in [7, 11) is 0. The molecule has 0 radical (unpaired) electrons. The van der Waals surface area contributed by atoms with E-state index in [1.165, 1.54) is 18.3 Å². The predicted molar refractivity (Wildman–Crippen MR) is 95.0 cm³/mol. The molecule has 1 saturated heterocycles. The monoisotopic (exact) mass is 363 g/mol. The van der Waals surface area contributed by atoms with Crippen molar-refractivity contribution in [3.8, 4) is 0 Å². The van der Waals surface area contributed by atoms with E-state index in [-0.39, 0.29) is 17.6 Å². The molecule has 0 aromatic heterocycles. The number of nitrogens with one attached hydrogen (secondary N) is 1. The van der Waals surface area contributed by atoms with Crippen LogP contribution in [0.2, 0.25) is 0 Å². The molecule has 0 bridgehead atoms. The minimum absolute atomic E-state index is 0.0873. The number of non-ortho nitro benzene ring substituents is 1. The topological polar surface area (TPSA) is 140 Å². The number of nitrogens with two attached hydrogens (primary N) is 1. The highest BCUT2D eigenvalue weighted by Gasteiger charge is 2.27. The van der Waals surface area contributed by atoms with E-state index in [9.17, 15) is 19.7 Å². The number of nitrogens with zero attached hydrogens (tertiary/aromatic N) is 3. The van der Waals surface area contributed by atoms with Gasteiger partial charge in [0.15, 0.2) is 0 Å². The Morgan fingerprint density at radius 1 is 1.46 bits per heavy atom. The van der Waals surface area contributed by atoms with Gasteiger partial charge in [-0.05, 0) is 25.8 Å². The van der Waals surface area contributed by atoms with E-state index in [4.69, 9.17) is 10.5 Å². The van der Waals surface area contributed by atoms with E-state index in [1.807, 2.05) is 4.90 Å². The molecule has 1 heterocycles. The smallest absolute Gasteiger partial charge is 0.332 e. The molecule has 26 heavy (non-hydrogen) atoms. The Morgan fingerprint density at radius 3 is 2.73 bits per heavy atom. The largest absolute Gasteiger partial charge is 0.466 e. The molecule has 3 N–H and O–H groups in total. The molecule has 0 unspecified atom stereocenters. The summed E-state index contributed by atoms with van der Waals surface area (Å²) >= 11 is 0. The lowest BCUT2D eigenvalue weighted by Crippen LogP contribution is -2.37. The molecule has 0 spiro atoms. The number of piperidine rings is 1. The zero-order valence-electron chi connectivity index (χ0n) is 14.4. The summed E-state index contributed by atoms with van der Waals surface area (Å²) in [6.45, 7) is 3.33. The quantitative estimate of drug-likeness (QED) is 0.338. The third-order valence-electron chi connectivity index (χ3n) is 4.06. The SMILES string of the molecule is CCOC(=O)C1CCN(c2ccc([N+](=O)[O-])cc2C=NNC(N)=O)CC1. The maximum absolute atomic E-state index is 11.8. The fourth-order valence-electron chi connectivity index (χ4n) is 2.83. The van der Waals surface area contributed by atoms with Crippen LogP contribution in [-0.2, 0) is 9.53 Å². The molecule has 1 aliphatic heterocycles. The number of urea groups is 1. The maximum atomic E-state index is 11.8. The van der Waals surface area contributed by atoms with Gasteiger partial charge in [0.25, 0.3) is 5.69 Å². The second kappa shape index (κ2) is 8.79. The summed E-state index contributed by atoms with van der Waals surface area (Å²) in [6, 6.07) is 3.59. The van der Waals surface area contributed by atoms with Crippen LogP contribution in [0.5, 0.6) is 0 Å². The number of amides is 2. The van der Waals surface area contributed by atoms with Crippen molar-refractivity contribution in [3.05, 3.63) is 33.9 Å². The van der Waals surface area contributed by atoms with Crippen molar-refractivity contribution >= 4 is 29.6 Å². The standard InChI is InChI=1S/C16H21N5O5/c1-2-26-15(22)11-5-7-20(8-6-11)14-4-3-13(21(24)25)9-12(14)10-18-19-16(17)23/h3-4,9-11H,2,5-8H2,1H3,(H3,17,19,23). The van der Waals surface area contributed by atoms with Crippen LogP contribution in [0, 0.1) is 16.0 Å². The number of carbonyl (C=O) groups excluding carboxylic acids is 2. The fraction of sp³-hybridized carbons (Fsp3) is 0.438. The summed E-state index contributed by atoms with van der Waals surface area (Å²) in [4.78, 5) is 35.1.